The average Bonchev–Trinajstić information content (AvgIpc) is 3.25. The van der Waals surface area contributed by atoms with E-state index < -0.39 is 12.0 Å². The Kier molecular flexibility index (Phi) is 13.4. The number of aromatic amines is 1. The molecule has 6 aromatic rings. The highest BCUT2D eigenvalue weighted by molar-refractivity contribution is 6.08. The third-order valence-electron chi connectivity index (χ3n) is 11.2. The first-order valence-electron chi connectivity index (χ1n) is 20.6. The summed E-state index contributed by atoms with van der Waals surface area (Å²) in [5, 5.41) is 29.0. The van der Waals surface area contributed by atoms with Gasteiger partial charge in [-0.3, -0.25) is 24.3 Å². The van der Waals surface area contributed by atoms with Gasteiger partial charge in [0.1, 0.15) is 11.5 Å². The molecule has 2 amide bonds. The highest BCUT2D eigenvalue weighted by atomic mass is 16.5. The van der Waals surface area contributed by atoms with Gasteiger partial charge in [0, 0.05) is 73.1 Å². The minimum Gasteiger partial charge on any atom is -0.506 e. The third-order valence-corrected chi connectivity index (χ3v) is 11.2. The highest BCUT2D eigenvalue weighted by Crippen LogP contribution is 2.33. The molecule has 1 aliphatic rings. The minimum atomic E-state index is -0.768. The number of carbonyl (C=O) groups is 2. The summed E-state index contributed by atoms with van der Waals surface area (Å²) in [5.74, 6) is 0.118. The summed E-state index contributed by atoms with van der Waals surface area (Å²) in [4.78, 5) is 49.5. The van der Waals surface area contributed by atoms with Gasteiger partial charge in [-0.25, -0.2) is 0 Å². The molecule has 0 bridgehead atoms. The highest BCUT2D eigenvalue weighted by Gasteiger charge is 2.23. The summed E-state index contributed by atoms with van der Waals surface area (Å²) in [7, 11) is 1.61. The number of hydrogen-bond acceptors (Lipinski definition) is 10. The number of methoxy groups -OCH3 is 1. The number of carbonyl (C=O) groups excluding carboxylic acids is 2. The molecule has 2 aromatic heterocycles. The molecule has 1 aliphatic heterocycles. The van der Waals surface area contributed by atoms with E-state index in [1.165, 1.54) is 18.3 Å². The lowest BCUT2D eigenvalue weighted by Gasteiger charge is -2.34. The SMILES string of the molecule is COc1cccc(Nc2c(C(N)=O)cnc3c(C)cc(Cc4cccc(C(=O)N5CCN(CCCCCCNC[C@H](O)c6ccc(O)c7[nH]c(=O)ccc67)CC5)c4)cc23)c1. The van der Waals surface area contributed by atoms with Crippen molar-refractivity contribution in [1.82, 2.24) is 25.1 Å². The van der Waals surface area contributed by atoms with E-state index in [4.69, 9.17) is 10.5 Å². The second-order valence-electron chi connectivity index (χ2n) is 15.5. The van der Waals surface area contributed by atoms with Gasteiger partial charge in [-0.2, -0.15) is 0 Å². The van der Waals surface area contributed by atoms with Crippen LogP contribution >= 0.6 is 0 Å². The predicted molar refractivity (Wildman–Crippen MR) is 235 cm³/mol. The van der Waals surface area contributed by atoms with Crippen molar-refractivity contribution in [3.63, 3.8) is 0 Å². The van der Waals surface area contributed by atoms with Crippen LogP contribution in [0.5, 0.6) is 11.5 Å². The quantitative estimate of drug-likeness (QED) is 0.0582. The molecule has 7 N–H and O–H groups in total. The smallest absolute Gasteiger partial charge is 0.253 e. The standard InChI is InChI=1S/C47H53N7O6/c1-30-23-32(26-38-43(30)50-28-39(46(48)58)44(38)51-34-11-8-12-35(27-34)60-2)24-31-9-7-10-33(25-31)47(59)54-21-19-53(20-22-54)18-6-4-3-5-17-49-29-41(56)36-13-15-40(55)45-37(36)14-16-42(57)52-45/h7-16,23,25-28,41,49,55-56H,3-6,17-22,24,29H2,1-2H3,(H2,48,58)(H,50,51)(H,52,57)/t41-/m0/s1. The van der Waals surface area contributed by atoms with Gasteiger partial charge in [-0.1, -0.05) is 43.2 Å². The normalized spacial score (nSPS) is 13.8. The van der Waals surface area contributed by atoms with E-state index in [1.54, 1.807) is 19.2 Å². The van der Waals surface area contributed by atoms with Crippen molar-refractivity contribution < 1.29 is 24.5 Å². The number of unbranched alkanes of at least 4 members (excludes halogenated alkanes) is 3. The monoisotopic (exact) mass is 811 g/mol. The molecule has 3 heterocycles. The number of nitrogens with zero attached hydrogens (tertiary/aromatic N) is 3. The van der Waals surface area contributed by atoms with Crippen LogP contribution in [0.1, 0.15) is 74.8 Å². The lowest BCUT2D eigenvalue weighted by molar-refractivity contribution is 0.0635. The summed E-state index contributed by atoms with van der Waals surface area (Å²) in [6.45, 7) is 7.21. The van der Waals surface area contributed by atoms with Crippen molar-refractivity contribution in [1.29, 1.82) is 0 Å². The van der Waals surface area contributed by atoms with Crippen molar-refractivity contribution in [3.8, 4) is 11.5 Å². The van der Waals surface area contributed by atoms with Crippen LogP contribution in [-0.2, 0) is 6.42 Å². The molecular formula is C47H53N7O6. The van der Waals surface area contributed by atoms with Crippen LogP contribution in [0.15, 0.2) is 95.9 Å². The number of aromatic hydroxyl groups is 1. The second-order valence-corrected chi connectivity index (χ2v) is 15.5. The Morgan fingerprint density at radius 1 is 0.917 bits per heavy atom. The molecule has 0 spiro atoms. The van der Waals surface area contributed by atoms with Crippen molar-refractivity contribution in [2.24, 2.45) is 5.73 Å². The number of aryl methyl sites for hydroxylation is 1. The fourth-order valence-corrected chi connectivity index (χ4v) is 8.07. The third kappa shape index (κ3) is 9.94. The van der Waals surface area contributed by atoms with Crippen molar-refractivity contribution in [2.75, 3.05) is 58.2 Å². The Hall–Kier alpha value is -6.28. The van der Waals surface area contributed by atoms with Crippen LogP contribution in [0.25, 0.3) is 21.8 Å². The molecule has 0 radical (unpaired) electrons. The number of rotatable bonds is 17. The Morgan fingerprint density at radius 3 is 2.52 bits per heavy atom. The Bertz CT molecular complexity index is 2550. The van der Waals surface area contributed by atoms with E-state index in [9.17, 15) is 24.6 Å². The van der Waals surface area contributed by atoms with Crippen molar-refractivity contribution in [2.45, 2.75) is 45.1 Å². The topological polar surface area (TPSA) is 186 Å². The maximum Gasteiger partial charge on any atom is 0.253 e. The molecular weight excluding hydrogens is 759 g/mol. The molecule has 1 saturated heterocycles. The first-order chi connectivity index (χ1) is 29.1. The number of aliphatic hydroxyl groups is 1. The lowest BCUT2D eigenvalue weighted by atomic mass is 9.97. The second kappa shape index (κ2) is 19.2. The summed E-state index contributed by atoms with van der Waals surface area (Å²) in [5.41, 5.74) is 12.5. The number of hydrogen-bond donors (Lipinski definition) is 6. The maximum absolute atomic E-state index is 13.7. The number of anilines is 2. The van der Waals surface area contributed by atoms with Crippen LogP contribution in [-0.4, -0.2) is 94.7 Å². The molecule has 60 heavy (non-hydrogen) atoms. The molecule has 0 aliphatic carbocycles. The number of phenols is 1. The van der Waals surface area contributed by atoms with E-state index in [1.807, 2.05) is 66.4 Å². The number of primary amides is 1. The molecule has 0 saturated carbocycles. The largest absolute Gasteiger partial charge is 0.506 e. The molecule has 312 valence electrons. The first-order valence-corrected chi connectivity index (χ1v) is 20.6. The zero-order valence-electron chi connectivity index (χ0n) is 34.2. The van der Waals surface area contributed by atoms with E-state index in [-0.39, 0.29) is 22.8 Å². The van der Waals surface area contributed by atoms with Gasteiger partial charge in [0.15, 0.2) is 0 Å². The number of nitrogens with one attached hydrogen (secondary N) is 3. The van der Waals surface area contributed by atoms with E-state index in [0.29, 0.717) is 59.5 Å². The first kappa shape index (κ1) is 41.9. The van der Waals surface area contributed by atoms with Crippen LogP contribution in [0.3, 0.4) is 0 Å². The molecule has 0 unspecified atom stereocenters. The van der Waals surface area contributed by atoms with E-state index in [2.05, 4.69) is 31.6 Å². The number of nitrogens with two attached hydrogens (primary N) is 1. The molecule has 1 fully saturated rings. The minimum absolute atomic E-state index is 0.0222. The number of ether oxygens (including phenoxy) is 1. The van der Waals surface area contributed by atoms with Crippen molar-refractivity contribution in [3.05, 3.63) is 135 Å². The number of aromatic nitrogens is 2. The summed E-state index contributed by atoms with van der Waals surface area (Å²) < 4.78 is 5.40. The fourth-order valence-electron chi connectivity index (χ4n) is 8.07. The maximum atomic E-state index is 13.7. The Balaban J connectivity index is 0.871. The number of benzene rings is 4. The van der Waals surface area contributed by atoms with Gasteiger partial charge in [0.05, 0.1) is 35.5 Å². The zero-order valence-corrected chi connectivity index (χ0v) is 34.2. The molecule has 7 rings (SSSR count). The van der Waals surface area contributed by atoms with Gasteiger partial charge >= 0.3 is 0 Å². The Labute approximate surface area is 349 Å². The lowest BCUT2D eigenvalue weighted by Crippen LogP contribution is -2.48. The number of amides is 2. The molecule has 13 nitrogen and oxygen atoms in total. The number of aliphatic hydroxyl groups excluding tert-OH is 1. The average molecular weight is 812 g/mol. The number of pyridine rings is 2. The fraction of sp³-hybridized carbons (Fsp3) is 0.319. The van der Waals surface area contributed by atoms with E-state index >= 15 is 0 Å². The van der Waals surface area contributed by atoms with Crippen molar-refractivity contribution >= 4 is 45.0 Å². The number of phenolic OH excluding ortho intramolecular Hbond substituents is 1. The van der Waals surface area contributed by atoms with Crippen LogP contribution in [0, 0.1) is 6.92 Å². The van der Waals surface area contributed by atoms with Crippen LogP contribution in [0.4, 0.5) is 11.4 Å². The summed E-state index contributed by atoms with van der Waals surface area (Å²) in [6, 6.07) is 25.6. The van der Waals surface area contributed by atoms with Gasteiger partial charge in [-0.15, -0.1) is 0 Å². The van der Waals surface area contributed by atoms with Crippen LogP contribution < -0.4 is 26.7 Å². The van der Waals surface area contributed by atoms with E-state index in [0.717, 1.165) is 85.1 Å². The van der Waals surface area contributed by atoms with Gasteiger partial charge in [-0.05, 0) is 104 Å². The van der Waals surface area contributed by atoms with Gasteiger partial charge in [0.25, 0.3) is 11.8 Å². The van der Waals surface area contributed by atoms with Gasteiger partial charge < -0.3 is 41.2 Å². The molecule has 1 atom stereocenters. The summed E-state index contributed by atoms with van der Waals surface area (Å²) in [6.07, 6.45) is 5.60. The Morgan fingerprint density at radius 2 is 1.72 bits per heavy atom. The zero-order chi connectivity index (χ0) is 42.2. The molecule has 13 heteroatoms. The molecule has 4 aromatic carbocycles. The van der Waals surface area contributed by atoms with Gasteiger partial charge in [0.2, 0.25) is 5.56 Å². The summed E-state index contributed by atoms with van der Waals surface area (Å²) >= 11 is 0. The van der Waals surface area contributed by atoms with Crippen LogP contribution in [0.2, 0.25) is 0 Å². The number of piperazine rings is 1. The predicted octanol–water partition coefficient (Wildman–Crippen LogP) is 6.17. The number of fused-ring (bicyclic) bond motifs is 2. The number of H-pyrrole nitrogens is 1.